The third-order valence-electron chi connectivity index (χ3n) is 3.27. The van der Waals surface area contributed by atoms with Crippen molar-refractivity contribution in [3.8, 4) is 11.8 Å². The molecule has 7 nitrogen and oxygen atoms in total. The number of ether oxygens (including phenoxy) is 3. The fourth-order valence-corrected chi connectivity index (χ4v) is 2.09. The van der Waals surface area contributed by atoms with Gasteiger partial charge in [0.25, 0.3) is 5.91 Å². The van der Waals surface area contributed by atoms with Crippen LogP contribution in [0.4, 0.5) is 0 Å². The molecule has 7 heteroatoms. The average Bonchev–Trinajstić information content (AvgIpc) is 3.10. The molecule has 122 valence electrons. The summed E-state index contributed by atoms with van der Waals surface area (Å²) in [6.07, 6.45) is 1.96. The monoisotopic (exact) mass is 318 g/mol. The fourth-order valence-electron chi connectivity index (χ4n) is 2.09. The van der Waals surface area contributed by atoms with Gasteiger partial charge in [0, 0.05) is 13.2 Å². The molecule has 1 heterocycles. The van der Waals surface area contributed by atoms with Crippen molar-refractivity contribution in [2.24, 2.45) is 0 Å². The highest BCUT2D eigenvalue weighted by molar-refractivity contribution is 5.80. The lowest BCUT2D eigenvalue weighted by molar-refractivity contribution is -0.150. The first-order chi connectivity index (χ1) is 11.2. The highest BCUT2D eigenvalue weighted by Gasteiger charge is 2.16. The molecule has 2 rings (SSSR count). The van der Waals surface area contributed by atoms with Gasteiger partial charge in [-0.3, -0.25) is 4.79 Å². The molecule has 1 amide bonds. The van der Waals surface area contributed by atoms with E-state index in [0.29, 0.717) is 17.9 Å². The van der Waals surface area contributed by atoms with E-state index >= 15 is 0 Å². The smallest absolute Gasteiger partial charge is 0.344 e. The van der Waals surface area contributed by atoms with Crippen molar-refractivity contribution in [1.82, 2.24) is 5.32 Å². The lowest BCUT2D eigenvalue weighted by Gasteiger charge is -2.11. The van der Waals surface area contributed by atoms with Crippen LogP contribution in [0.2, 0.25) is 0 Å². The predicted octanol–water partition coefficient (Wildman–Crippen LogP) is 0.775. The van der Waals surface area contributed by atoms with Crippen molar-refractivity contribution in [2.45, 2.75) is 18.9 Å². The summed E-state index contributed by atoms with van der Waals surface area (Å²) in [6, 6.07) is 8.52. The standard InChI is InChI=1S/C16H18N2O5/c17-8-12-4-1-2-6-14(12)22-11-16(20)23-10-15(19)18-9-13-5-3-7-21-13/h1-2,4,6,13H,3,5,7,9-11H2,(H,18,19)/t13-/m0/s1. The number of nitrogens with one attached hydrogen (secondary N) is 1. The summed E-state index contributed by atoms with van der Waals surface area (Å²) in [4.78, 5) is 23.1. The molecule has 1 saturated heterocycles. The predicted molar refractivity (Wildman–Crippen MR) is 79.6 cm³/mol. The lowest BCUT2D eigenvalue weighted by Crippen LogP contribution is -2.35. The van der Waals surface area contributed by atoms with Crippen molar-refractivity contribution in [2.75, 3.05) is 26.4 Å². The largest absolute Gasteiger partial charge is 0.481 e. The second kappa shape index (κ2) is 8.76. The van der Waals surface area contributed by atoms with E-state index in [-0.39, 0.29) is 25.2 Å². The Morgan fingerprint density at radius 3 is 2.91 bits per heavy atom. The highest BCUT2D eigenvalue weighted by atomic mass is 16.6. The van der Waals surface area contributed by atoms with Gasteiger partial charge >= 0.3 is 5.97 Å². The summed E-state index contributed by atoms with van der Waals surface area (Å²) in [6.45, 7) is 0.409. The van der Waals surface area contributed by atoms with Crippen molar-refractivity contribution in [3.63, 3.8) is 0 Å². The number of hydrogen-bond acceptors (Lipinski definition) is 6. The zero-order chi connectivity index (χ0) is 16.5. The summed E-state index contributed by atoms with van der Waals surface area (Å²) in [5.41, 5.74) is 0.328. The second-order valence-electron chi connectivity index (χ2n) is 5.00. The van der Waals surface area contributed by atoms with E-state index in [4.69, 9.17) is 19.5 Å². The minimum absolute atomic E-state index is 0.0421. The normalized spacial score (nSPS) is 16.4. The van der Waals surface area contributed by atoms with Crippen LogP contribution in [0.25, 0.3) is 0 Å². The Labute approximate surface area is 134 Å². The van der Waals surface area contributed by atoms with Gasteiger partial charge in [0.1, 0.15) is 11.8 Å². The topological polar surface area (TPSA) is 97.6 Å². The Kier molecular flexibility index (Phi) is 6.39. The molecule has 1 atom stereocenters. The van der Waals surface area contributed by atoms with Crippen LogP contribution in [0.5, 0.6) is 5.75 Å². The maximum atomic E-state index is 11.6. The molecule has 23 heavy (non-hydrogen) atoms. The van der Waals surface area contributed by atoms with Crippen LogP contribution in [0.1, 0.15) is 18.4 Å². The van der Waals surface area contributed by atoms with Gasteiger partial charge in [-0.25, -0.2) is 4.79 Å². The van der Waals surface area contributed by atoms with Crippen LogP contribution in [0, 0.1) is 11.3 Å². The molecular formula is C16H18N2O5. The van der Waals surface area contributed by atoms with E-state index in [2.05, 4.69) is 5.32 Å². The van der Waals surface area contributed by atoms with Crippen molar-refractivity contribution < 1.29 is 23.8 Å². The Morgan fingerprint density at radius 1 is 1.35 bits per heavy atom. The van der Waals surface area contributed by atoms with Gasteiger partial charge in [-0.1, -0.05) is 12.1 Å². The van der Waals surface area contributed by atoms with Crippen molar-refractivity contribution in [1.29, 1.82) is 5.26 Å². The van der Waals surface area contributed by atoms with Crippen LogP contribution in [0.15, 0.2) is 24.3 Å². The van der Waals surface area contributed by atoms with Gasteiger partial charge in [-0.05, 0) is 25.0 Å². The number of para-hydroxylation sites is 1. The van der Waals surface area contributed by atoms with E-state index in [1.54, 1.807) is 24.3 Å². The summed E-state index contributed by atoms with van der Waals surface area (Å²) in [7, 11) is 0. The van der Waals surface area contributed by atoms with Gasteiger partial charge in [-0.15, -0.1) is 0 Å². The zero-order valence-electron chi connectivity index (χ0n) is 12.6. The Balaban J connectivity index is 1.64. The first-order valence-corrected chi connectivity index (χ1v) is 7.35. The summed E-state index contributed by atoms with van der Waals surface area (Å²) >= 11 is 0. The first-order valence-electron chi connectivity index (χ1n) is 7.35. The summed E-state index contributed by atoms with van der Waals surface area (Å²) in [5.74, 6) is -0.758. The molecule has 0 unspecified atom stereocenters. The average molecular weight is 318 g/mol. The Hall–Kier alpha value is -2.59. The number of nitriles is 1. The number of carbonyl (C=O) groups excluding carboxylic acids is 2. The molecule has 0 radical (unpaired) electrons. The SMILES string of the molecule is N#Cc1ccccc1OCC(=O)OCC(=O)NC[C@@H]1CCCO1. The fraction of sp³-hybridized carbons (Fsp3) is 0.438. The third kappa shape index (κ3) is 5.60. The maximum absolute atomic E-state index is 11.6. The molecule has 1 aromatic rings. The molecule has 0 aromatic heterocycles. The molecular weight excluding hydrogens is 300 g/mol. The number of carbonyl (C=O) groups is 2. The minimum atomic E-state index is -0.676. The first kappa shape index (κ1) is 16.8. The van der Waals surface area contributed by atoms with E-state index in [1.165, 1.54) is 0 Å². The highest BCUT2D eigenvalue weighted by Crippen LogP contribution is 2.16. The van der Waals surface area contributed by atoms with E-state index in [0.717, 1.165) is 19.4 Å². The van der Waals surface area contributed by atoms with Crippen LogP contribution >= 0.6 is 0 Å². The number of hydrogen-bond donors (Lipinski definition) is 1. The molecule has 1 aliphatic heterocycles. The molecule has 1 fully saturated rings. The van der Waals surface area contributed by atoms with Gasteiger partial charge in [0.2, 0.25) is 0 Å². The van der Waals surface area contributed by atoms with Gasteiger partial charge in [0.15, 0.2) is 13.2 Å². The molecule has 1 N–H and O–H groups in total. The van der Waals surface area contributed by atoms with Crippen LogP contribution in [-0.2, 0) is 19.1 Å². The molecule has 0 aliphatic carbocycles. The second-order valence-corrected chi connectivity index (χ2v) is 5.00. The van der Waals surface area contributed by atoms with E-state index in [1.807, 2.05) is 6.07 Å². The minimum Gasteiger partial charge on any atom is -0.481 e. The quantitative estimate of drug-likeness (QED) is 0.746. The van der Waals surface area contributed by atoms with Crippen LogP contribution < -0.4 is 10.1 Å². The summed E-state index contributed by atoms with van der Waals surface area (Å²) < 4.78 is 15.4. The lowest BCUT2D eigenvalue weighted by atomic mass is 10.2. The molecule has 1 aliphatic rings. The zero-order valence-corrected chi connectivity index (χ0v) is 12.6. The van der Waals surface area contributed by atoms with E-state index < -0.39 is 5.97 Å². The molecule has 1 aromatic carbocycles. The Bertz CT molecular complexity index is 590. The number of amides is 1. The molecule has 0 saturated carbocycles. The van der Waals surface area contributed by atoms with Gasteiger partial charge < -0.3 is 19.5 Å². The van der Waals surface area contributed by atoms with Crippen molar-refractivity contribution in [3.05, 3.63) is 29.8 Å². The Morgan fingerprint density at radius 2 is 2.17 bits per heavy atom. The van der Waals surface area contributed by atoms with Gasteiger partial charge in [0.05, 0.1) is 11.7 Å². The number of nitrogens with zero attached hydrogens (tertiary/aromatic N) is 1. The number of esters is 1. The number of rotatable bonds is 7. The van der Waals surface area contributed by atoms with E-state index in [9.17, 15) is 9.59 Å². The third-order valence-corrected chi connectivity index (χ3v) is 3.27. The van der Waals surface area contributed by atoms with Crippen molar-refractivity contribution >= 4 is 11.9 Å². The van der Waals surface area contributed by atoms with Crippen LogP contribution in [0.3, 0.4) is 0 Å². The molecule has 0 bridgehead atoms. The van der Waals surface area contributed by atoms with Gasteiger partial charge in [-0.2, -0.15) is 5.26 Å². The van der Waals surface area contributed by atoms with Crippen LogP contribution in [-0.4, -0.2) is 44.3 Å². The maximum Gasteiger partial charge on any atom is 0.344 e. The number of benzene rings is 1. The molecule has 0 spiro atoms. The summed E-state index contributed by atoms with van der Waals surface area (Å²) in [5, 5.41) is 11.5.